The fourth-order valence-corrected chi connectivity index (χ4v) is 5.90. The summed E-state index contributed by atoms with van der Waals surface area (Å²) in [6, 6.07) is 3.37. The Hall–Kier alpha value is -0.500. The molecule has 1 aliphatic heterocycles. The van der Waals surface area contributed by atoms with Crippen molar-refractivity contribution in [3.8, 4) is 0 Å². The number of hydrogen-bond acceptors (Lipinski definition) is 4. The standard InChI is InChI=1S/C12H18N2O2S3/c1-8-4-3-5-9(2)14(8)19(15,16)11-7-6-10(18-11)12(13)17/h6-9H,3-5H2,1-2H3,(H2,13,17)/t8-,9+. The predicted octanol–water partition coefficient (Wildman–Crippen LogP) is 2.33. The highest BCUT2D eigenvalue weighted by Gasteiger charge is 2.36. The zero-order valence-corrected chi connectivity index (χ0v) is 13.4. The predicted molar refractivity (Wildman–Crippen MR) is 82.0 cm³/mol. The molecule has 0 bridgehead atoms. The number of rotatable bonds is 3. The van der Waals surface area contributed by atoms with Gasteiger partial charge in [0.1, 0.15) is 9.20 Å². The van der Waals surface area contributed by atoms with E-state index in [1.165, 1.54) is 0 Å². The van der Waals surface area contributed by atoms with E-state index in [4.69, 9.17) is 18.0 Å². The Morgan fingerprint density at radius 3 is 2.42 bits per heavy atom. The average Bonchev–Trinajstić information content (AvgIpc) is 2.78. The molecule has 2 atom stereocenters. The van der Waals surface area contributed by atoms with Gasteiger partial charge < -0.3 is 5.73 Å². The van der Waals surface area contributed by atoms with Crippen LogP contribution in [0.25, 0.3) is 0 Å². The fraction of sp³-hybridized carbons (Fsp3) is 0.583. The van der Waals surface area contributed by atoms with Gasteiger partial charge in [-0.05, 0) is 38.8 Å². The van der Waals surface area contributed by atoms with Gasteiger partial charge in [-0.2, -0.15) is 4.31 Å². The Kier molecular flexibility index (Phi) is 4.29. The molecule has 2 N–H and O–H groups in total. The first kappa shape index (κ1) is 14.9. The lowest BCUT2D eigenvalue weighted by molar-refractivity contribution is 0.204. The van der Waals surface area contributed by atoms with E-state index >= 15 is 0 Å². The molecule has 0 aromatic carbocycles. The first-order chi connectivity index (χ1) is 8.84. The van der Waals surface area contributed by atoms with Crippen LogP contribution in [0, 0.1) is 0 Å². The van der Waals surface area contributed by atoms with Gasteiger partial charge in [-0.3, -0.25) is 0 Å². The van der Waals surface area contributed by atoms with Crippen molar-refractivity contribution in [1.82, 2.24) is 4.31 Å². The van der Waals surface area contributed by atoms with E-state index in [1.807, 2.05) is 13.8 Å². The molecule has 1 aliphatic rings. The summed E-state index contributed by atoms with van der Waals surface area (Å²) in [5.41, 5.74) is 5.54. The topological polar surface area (TPSA) is 63.4 Å². The molecule has 0 radical (unpaired) electrons. The van der Waals surface area contributed by atoms with Crippen LogP contribution in [0.3, 0.4) is 0 Å². The van der Waals surface area contributed by atoms with Gasteiger partial charge in [0.15, 0.2) is 0 Å². The van der Waals surface area contributed by atoms with E-state index in [9.17, 15) is 8.42 Å². The number of nitrogens with zero attached hydrogens (tertiary/aromatic N) is 1. The highest BCUT2D eigenvalue weighted by Crippen LogP contribution is 2.32. The van der Waals surface area contributed by atoms with Gasteiger partial charge in [0.25, 0.3) is 10.0 Å². The third-order valence-corrected chi connectivity index (χ3v) is 7.53. The maximum atomic E-state index is 12.7. The van der Waals surface area contributed by atoms with E-state index in [1.54, 1.807) is 16.4 Å². The molecule has 2 heterocycles. The van der Waals surface area contributed by atoms with Crippen molar-refractivity contribution in [3.05, 3.63) is 17.0 Å². The van der Waals surface area contributed by atoms with E-state index in [0.717, 1.165) is 30.6 Å². The highest BCUT2D eigenvalue weighted by atomic mass is 32.2. The summed E-state index contributed by atoms with van der Waals surface area (Å²) in [6.45, 7) is 3.94. The molecule has 1 aromatic rings. The molecule has 1 saturated heterocycles. The van der Waals surface area contributed by atoms with Crippen molar-refractivity contribution in [3.63, 3.8) is 0 Å². The zero-order chi connectivity index (χ0) is 14.2. The zero-order valence-electron chi connectivity index (χ0n) is 11.0. The first-order valence-corrected chi connectivity index (χ1v) is 8.93. The van der Waals surface area contributed by atoms with E-state index in [2.05, 4.69) is 0 Å². The molecule has 1 aromatic heterocycles. The number of thiophene rings is 1. The summed E-state index contributed by atoms with van der Waals surface area (Å²) in [6.07, 6.45) is 2.91. The Morgan fingerprint density at radius 2 is 1.95 bits per heavy atom. The summed E-state index contributed by atoms with van der Waals surface area (Å²) < 4.78 is 27.4. The lowest BCUT2D eigenvalue weighted by atomic mass is 10.0. The van der Waals surface area contributed by atoms with Crippen molar-refractivity contribution in [2.24, 2.45) is 5.73 Å². The van der Waals surface area contributed by atoms with Gasteiger partial charge in [-0.15, -0.1) is 11.3 Å². The minimum absolute atomic E-state index is 0.0455. The van der Waals surface area contributed by atoms with Gasteiger partial charge in [-0.1, -0.05) is 18.6 Å². The van der Waals surface area contributed by atoms with Gasteiger partial charge in [0, 0.05) is 12.1 Å². The average molecular weight is 318 g/mol. The summed E-state index contributed by atoms with van der Waals surface area (Å²) in [4.78, 5) is 0.886. The summed E-state index contributed by atoms with van der Waals surface area (Å²) in [5.74, 6) is 0. The Balaban J connectivity index is 2.37. The second-order valence-electron chi connectivity index (χ2n) is 4.95. The Morgan fingerprint density at radius 1 is 1.37 bits per heavy atom. The molecule has 0 unspecified atom stereocenters. The van der Waals surface area contributed by atoms with Crippen LogP contribution in [0.15, 0.2) is 16.3 Å². The third-order valence-electron chi connectivity index (χ3n) is 3.47. The Labute approximate surface area is 123 Å². The number of thiocarbonyl (C=S) groups is 1. The van der Waals surface area contributed by atoms with Gasteiger partial charge in [0.2, 0.25) is 0 Å². The molecular formula is C12H18N2O2S3. The lowest BCUT2D eigenvalue weighted by Crippen LogP contribution is -2.47. The summed E-state index contributed by atoms with van der Waals surface area (Å²) in [5, 5.41) is 0. The van der Waals surface area contributed by atoms with Gasteiger partial charge in [-0.25, -0.2) is 8.42 Å². The molecular weight excluding hydrogens is 300 g/mol. The molecule has 0 saturated carbocycles. The van der Waals surface area contributed by atoms with Crippen molar-refractivity contribution in [2.75, 3.05) is 0 Å². The van der Waals surface area contributed by atoms with Crippen molar-refractivity contribution in [2.45, 2.75) is 49.4 Å². The number of nitrogens with two attached hydrogens (primary N) is 1. The van der Waals surface area contributed by atoms with Crippen LogP contribution >= 0.6 is 23.6 Å². The Bertz CT molecular complexity index is 570. The monoisotopic (exact) mass is 318 g/mol. The molecule has 0 spiro atoms. The molecule has 0 amide bonds. The van der Waals surface area contributed by atoms with E-state index in [-0.39, 0.29) is 17.1 Å². The largest absolute Gasteiger partial charge is 0.389 e. The number of sulfonamides is 1. The maximum Gasteiger partial charge on any atom is 0.253 e. The SMILES string of the molecule is C[C@@H]1CCC[C@H](C)N1S(=O)(=O)c1ccc(C(N)=S)s1. The first-order valence-electron chi connectivity index (χ1n) is 6.27. The molecule has 7 heteroatoms. The van der Waals surface area contributed by atoms with E-state index < -0.39 is 10.0 Å². The molecule has 4 nitrogen and oxygen atoms in total. The van der Waals surface area contributed by atoms with Crippen LogP contribution in [0.5, 0.6) is 0 Å². The molecule has 2 rings (SSSR count). The van der Waals surface area contributed by atoms with Crippen LogP contribution in [0.4, 0.5) is 0 Å². The second-order valence-corrected chi connectivity index (χ2v) is 8.54. The maximum absolute atomic E-state index is 12.7. The minimum Gasteiger partial charge on any atom is -0.389 e. The van der Waals surface area contributed by atoms with Gasteiger partial charge in [0.05, 0.1) is 4.88 Å². The van der Waals surface area contributed by atoms with Gasteiger partial charge >= 0.3 is 0 Å². The van der Waals surface area contributed by atoms with Crippen LogP contribution in [-0.2, 0) is 10.0 Å². The third kappa shape index (κ3) is 2.84. The highest BCUT2D eigenvalue weighted by molar-refractivity contribution is 7.91. The minimum atomic E-state index is -3.44. The molecule has 0 aliphatic carbocycles. The second kappa shape index (κ2) is 5.47. The van der Waals surface area contributed by atoms with Crippen LogP contribution in [-0.4, -0.2) is 29.8 Å². The van der Waals surface area contributed by atoms with Crippen molar-refractivity contribution in [1.29, 1.82) is 0 Å². The number of hydrogen-bond donors (Lipinski definition) is 1. The summed E-state index contributed by atoms with van der Waals surface area (Å²) in [7, 11) is -3.44. The molecule has 1 fully saturated rings. The van der Waals surface area contributed by atoms with E-state index in [0.29, 0.717) is 9.09 Å². The number of piperidine rings is 1. The fourth-order valence-electron chi connectivity index (χ4n) is 2.57. The van der Waals surface area contributed by atoms with Crippen molar-refractivity contribution >= 4 is 38.6 Å². The van der Waals surface area contributed by atoms with Crippen LogP contribution in [0.1, 0.15) is 38.0 Å². The van der Waals surface area contributed by atoms with Crippen LogP contribution < -0.4 is 5.73 Å². The van der Waals surface area contributed by atoms with Crippen LogP contribution in [0.2, 0.25) is 0 Å². The lowest BCUT2D eigenvalue weighted by Gasteiger charge is -2.37. The normalized spacial score (nSPS) is 25.4. The molecule has 19 heavy (non-hydrogen) atoms. The smallest absolute Gasteiger partial charge is 0.253 e. The van der Waals surface area contributed by atoms with Crippen molar-refractivity contribution < 1.29 is 8.42 Å². The summed E-state index contributed by atoms with van der Waals surface area (Å²) >= 11 is 6.03. The quantitative estimate of drug-likeness (QED) is 0.869. The molecule has 106 valence electrons.